The lowest BCUT2D eigenvalue weighted by Crippen LogP contribution is -2.01. The van der Waals surface area contributed by atoms with Crippen molar-refractivity contribution < 1.29 is 15.0 Å². The van der Waals surface area contributed by atoms with Gasteiger partial charge in [-0.15, -0.1) is 0 Å². The number of anilines is 1. The van der Waals surface area contributed by atoms with E-state index in [-0.39, 0.29) is 0 Å². The fourth-order valence-electron chi connectivity index (χ4n) is 1.99. The van der Waals surface area contributed by atoms with Gasteiger partial charge in [-0.3, -0.25) is 4.98 Å². The number of pyridine rings is 2. The van der Waals surface area contributed by atoms with Crippen molar-refractivity contribution >= 4 is 17.9 Å². The minimum atomic E-state index is -1.38. The van der Waals surface area contributed by atoms with Crippen LogP contribution in [-0.2, 0) is 17.6 Å². The van der Waals surface area contributed by atoms with Gasteiger partial charge in [0.1, 0.15) is 5.82 Å². The number of nitrogens with zero attached hydrogens (tertiary/aromatic N) is 2. The van der Waals surface area contributed by atoms with Crippen LogP contribution in [-0.4, -0.2) is 26.2 Å². The Morgan fingerprint density at radius 3 is 2.64 bits per heavy atom. The number of carbonyl (C=O) groups is 1. The molecule has 0 saturated heterocycles. The molecule has 0 bridgehead atoms. The third-order valence-electron chi connectivity index (χ3n) is 3.17. The van der Waals surface area contributed by atoms with Crippen molar-refractivity contribution in [3.8, 4) is 0 Å². The number of aliphatic hydroxyl groups excluding tert-OH is 1. The molecule has 0 fully saturated rings. The van der Waals surface area contributed by atoms with Crippen molar-refractivity contribution in [2.24, 2.45) is 0 Å². The molecule has 114 valence electrons. The van der Waals surface area contributed by atoms with Gasteiger partial charge in [-0.25, -0.2) is 9.78 Å². The summed E-state index contributed by atoms with van der Waals surface area (Å²) >= 11 is 0. The molecule has 0 aliphatic rings. The van der Waals surface area contributed by atoms with E-state index >= 15 is 0 Å². The Balaban J connectivity index is 2.04. The number of aryl methyl sites for hydroxylation is 3. The monoisotopic (exact) mass is 299 g/mol. The maximum atomic E-state index is 10.5. The number of carboxylic acid groups (broad SMARTS) is 1. The lowest BCUT2D eigenvalue weighted by atomic mass is 10.0. The SMILES string of the molecule is Cc1cnc(N)c(CCc2ccc(/C=C(\O)C(=O)O)nc2)c1. The molecule has 22 heavy (non-hydrogen) atoms. The summed E-state index contributed by atoms with van der Waals surface area (Å²) in [5, 5.41) is 17.8. The molecule has 0 radical (unpaired) electrons. The highest BCUT2D eigenvalue weighted by Gasteiger charge is 2.05. The third kappa shape index (κ3) is 4.05. The lowest BCUT2D eigenvalue weighted by Gasteiger charge is -2.06. The highest BCUT2D eigenvalue weighted by molar-refractivity contribution is 5.88. The minimum Gasteiger partial charge on any atom is -0.502 e. The number of aromatic nitrogens is 2. The van der Waals surface area contributed by atoms with Crippen LogP contribution in [0.3, 0.4) is 0 Å². The van der Waals surface area contributed by atoms with Gasteiger partial charge in [0.2, 0.25) is 5.76 Å². The Morgan fingerprint density at radius 1 is 1.23 bits per heavy atom. The Kier molecular flexibility index (Phi) is 4.73. The van der Waals surface area contributed by atoms with E-state index < -0.39 is 11.7 Å². The third-order valence-corrected chi connectivity index (χ3v) is 3.17. The molecule has 0 aliphatic heterocycles. The van der Waals surface area contributed by atoms with Crippen LogP contribution in [0.1, 0.15) is 22.4 Å². The van der Waals surface area contributed by atoms with E-state index in [1.165, 1.54) is 0 Å². The standard InChI is InChI=1S/C16H17N3O3/c1-10-6-12(15(17)19-8-10)4-2-11-3-5-13(18-9-11)7-14(20)16(21)22/h3,5-9,20H,2,4H2,1H3,(H2,17,19)(H,21,22)/b14-7-. The van der Waals surface area contributed by atoms with Crippen LogP contribution in [0.5, 0.6) is 0 Å². The molecule has 6 heteroatoms. The Labute approximate surface area is 128 Å². The van der Waals surface area contributed by atoms with E-state index in [0.717, 1.165) is 35.6 Å². The predicted octanol–water partition coefficient (Wildman–Crippen LogP) is 2.14. The van der Waals surface area contributed by atoms with Crippen LogP contribution in [0.15, 0.2) is 36.4 Å². The molecule has 2 aromatic heterocycles. The molecule has 0 unspecified atom stereocenters. The number of nitrogen functional groups attached to an aromatic ring is 1. The molecule has 0 spiro atoms. The Morgan fingerprint density at radius 2 is 2.00 bits per heavy atom. The van der Waals surface area contributed by atoms with Crippen molar-refractivity contribution in [3.63, 3.8) is 0 Å². The molecule has 2 rings (SSSR count). The van der Waals surface area contributed by atoms with E-state index in [4.69, 9.17) is 15.9 Å². The van der Waals surface area contributed by atoms with Crippen LogP contribution in [0.25, 0.3) is 6.08 Å². The quantitative estimate of drug-likeness (QED) is 0.576. The van der Waals surface area contributed by atoms with Crippen molar-refractivity contribution in [1.29, 1.82) is 0 Å². The van der Waals surface area contributed by atoms with Gasteiger partial charge >= 0.3 is 5.97 Å². The number of aliphatic hydroxyl groups is 1. The maximum Gasteiger partial charge on any atom is 0.371 e. The van der Waals surface area contributed by atoms with Crippen molar-refractivity contribution in [1.82, 2.24) is 9.97 Å². The van der Waals surface area contributed by atoms with Crippen LogP contribution < -0.4 is 5.73 Å². The van der Waals surface area contributed by atoms with Crippen molar-refractivity contribution in [3.05, 3.63) is 58.7 Å². The van der Waals surface area contributed by atoms with Gasteiger partial charge in [0.25, 0.3) is 0 Å². The minimum absolute atomic E-state index is 0.389. The Hall–Kier alpha value is -2.89. The fourth-order valence-corrected chi connectivity index (χ4v) is 1.99. The second-order valence-electron chi connectivity index (χ2n) is 4.98. The maximum absolute atomic E-state index is 10.5. The smallest absolute Gasteiger partial charge is 0.371 e. The highest BCUT2D eigenvalue weighted by atomic mass is 16.4. The number of rotatable bonds is 5. The molecule has 0 aliphatic carbocycles. The molecule has 4 N–H and O–H groups in total. The normalized spacial score (nSPS) is 11.4. The molecule has 0 aromatic carbocycles. The van der Waals surface area contributed by atoms with Crippen molar-refractivity contribution in [2.45, 2.75) is 19.8 Å². The lowest BCUT2D eigenvalue weighted by molar-refractivity contribution is -0.135. The molecular weight excluding hydrogens is 282 g/mol. The van der Waals surface area contributed by atoms with Gasteiger partial charge in [0, 0.05) is 18.5 Å². The first-order chi connectivity index (χ1) is 10.5. The summed E-state index contributed by atoms with van der Waals surface area (Å²) in [7, 11) is 0. The summed E-state index contributed by atoms with van der Waals surface area (Å²) in [4.78, 5) is 18.8. The van der Waals surface area contributed by atoms with Gasteiger partial charge in [-0.1, -0.05) is 12.1 Å². The molecule has 2 heterocycles. The largest absolute Gasteiger partial charge is 0.502 e. The summed E-state index contributed by atoms with van der Waals surface area (Å²) in [6.07, 6.45) is 5.99. The van der Waals surface area contributed by atoms with Crippen LogP contribution in [0.2, 0.25) is 0 Å². The van der Waals surface area contributed by atoms with E-state index in [1.54, 1.807) is 18.5 Å². The highest BCUT2D eigenvalue weighted by Crippen LogP contribution is 2.14. The number of hydrogen-bond donors (Lipinski definition) is 3. The first-order valence-electron chi connectivity index (χ1n) is 6.75. The first-order valence-corrected chi connectivity index (χ1v) is 6.75. The van der Waals surface area contributed by atoms with E-state index in [9.17, 15) is 4.79 Å². The number of carboxylic acids is 1. The van der Waals surface area contributed by atoms with E-state index in [2.05, 4.69) is 9.97 Å². The van der Waals surface area contributed by atoms with Gasteiger partial charge in [0.15, 0.2) is 0 Å². The van der Waals surface area contributed by atoms with Crippen LogP contribution in [0.4, 0.5) is 5.82 Å². The second-order valence-corrected chi connectivity index (χ2v) is 4.98. The zero-order valence-corrected chi connectivity index (χ0v) is 12.2. The summed E-state index contributed by atoms with van der Waals surface area (Å²) in [5.41, 5.74) is 9.28. The summed E-state index contributed by atoms with van der Waals surface area (Å²) < 4.78 is 0. The average Bonchev–Trinajstić information content (AvgIpc) is 2.49. The molecule has 0 amide bonds. The van der Waals surface area contributed by atoms with Gasteiger partial charge in [0.05, 0.1) is 5.69 Å². The number of nitrogens with two attached hydrogens (primary N) is 1. The van der Waals surface area contributed by atoms with Crippen molar-refractivity contribution in [2.75, 3.05) is 5.73 Å². The van der Waals surface area contributed by atoms with E-state index in [0.29, 0.717) is 11.5 Å². The van der Waals surface area contributed by atoms with Gasteiger partial charge < -0.3 is 15.9 Å². The summed E-state index contributed by atoms with van der Waals surface area (Å²) in [6.45, 7) is 1.97. The molecule has 6 nitrogen and oxygen atoms in total. The topological polar surface area (TPSA) is 109 Å². The molecule has 2 aromatic rings. The zero-order chi connectivity index (χ0) is 16.1. The van der Waals surface area contributed by atoms with Gasteiger partial charge in [-0.2, -0.15) is 0 Å². The molecule has 0 saturated carbocycles. The van der Waals surface area contributed by atoms with Crippen LogP contribution >= 0.6 is 0 Å². The summed E-state index contributed by atoms with van der Waals surface area (Å²) in [6, 6.07) is 5.51. The van der Waals surface area contributed by atoms with Gasteiger partial charge in [-0.05, 0) is 42.5 Å². The predicted molar refractivity (Wildman–Crippen MR) is 83.3 cm³/mol. The second kappa shape index (κ2) is 6.71. The zero-order valence-electron chi connectivity index (χ0n) is 12.2. The summed E-state index contributed by atoms with van der Waals surface area (Å²) in [5.74, 6) is -1.59. The first kappa shape index (κ1) is 15.5. The number of aliphatic carboxylic acids is 1. The van der Waals surface area contributed by atoms with Crippen LogP contribution in [0, 0.1) is 6.92 Å². The molecular formula is C16H17N3O3. The van der Waals surface area contributed by atoms with E-state index in [1.807, 2.05) is 19.1 Å². The number of hydrogen-bond acceptors (Lipinski definition) is 5. The Bertz CT molecular complexity index is 709. The average molecular weight is 299 g/mol. The fraction of sp³-hybridized carbons (Fsp3) is 0.188. The molecule has 0 atom stereocenters.